The van der Waals surface area contributed by atoms with Gasteiger partial charge in [0.05, 0.1) is 0 Å². The van der Waals surface area contributed by atoms with Gasteiger partial charge in [0.25, 0.3) is 0 Å². The molecule has 0 spiro atoms. The Morgan fingerprint density at radius 2 is 2.33 bits per heavy atom. The third-order valence-corrected chi connectivity index (χ3v) is 1.84. The lowest BCUT2D eigenvalue weighted by Gasteiger charge is -1.99. The second-order valence-electron chi connectivity index (χ2n) is 2.61. The molecule has 12 heavy (non-hydrogen) atoms. The van der Waals surface area contributed by atoms with Gasteiger partial charge in [0.15, 0.2) is 5.82 Å². The number of alkyl halides is 1. The maximum Gasteiger partial charge on any atom is 0.151 e. The van der Waals surface area contributed by atoms with Crippen LogP contribution in [-0.4, -0.2) is 26.1 Å². The second-order valence-corrected chi connectivity index (χ2v) is 2.99. The molecule has 1 aromatic rings. The van der Waals surface area contributed by atoms with Gasteiger partial charge in [-0.25, -0.2) is 4.68 Å². The molecule has 0 amide bonds. The molecule has 0 saturated carbocycles. The van der Waals surface area contributed by atoms with Crippen molar-refractivity contribution < 1.29 is 0 Å². The number of rotatable bonds is 5. The molecule has 0 aliphatic heterocycles. The first-order chi connectivity index (χ1) is 5.88. The zero-order chi connectivity index (χ0) is 8.81. The first-order valence-electron chi connectivity index (χ1n) is 4.19. The van der Waals surface area contributed by atoms with Gasteiger partial charge in [-0.2, -0.15) is 0 Å². The van der Waals surface area contributed by atoms with Crippen LogP contribution in [0.2, 0.25) is 0 Å². The minimum absolute atomic E-state index is 0.666. The van der Waals surface area contributed by atoms with Crippen molar-refractivity contribution in [1.29, 1.82) is 0 Å². The second kappa shape index (κ2) is 5.09. The third-order valence-electron chi connectivity index (χ3n) is 1.58. The van der Waals surface area contributed by atoms with Gasteiger partial charge >= 0.3 is 0 Å². The largest absolute Gasteiger partial charge is 0.230 e. The van der Waals surface area contributed by atoms with E-state index in [-0.39, 0.29) is 0 Å². The van der Waals surface area contributed by atoms with E-state index in [1.54, 1.807) is 0 Å². The number of nitrogens with zero attached hydrogens (tertiary/aromatic N) is 4. The monoisotopic (exact) mass is 188 g/mol. The highest BCUT2D eigenvalue weighted by molar-refractivity contribution is 6.17. The van der Waals surface area contributed by atoms with Crippen LogP contribution in [0.4, 0.5) is 0 Å². The van der Waals surface area contributed by atoms with Crippen molar-refractivity contribution in [3.63, 3.8) is 0 Å². The van der Waals surface area contributed by atoms with Gasteiger partial charge in [0.1, 0.15) is 0 Å². The molecule has 0 bridgehead atoms. The SMILES string of the molecule is CCCn1nnnc1CCCCl. The highest BCUT2D eigenvalue weighted by atomic mass is 35.5. The first kappa shape index (κ1) is 9.45. The van der Waals surface area contributed by atoms with E-state index in [2.05, 4.69) is 22.4 Å². The van der Waals surface area contributed by atoms with Crippen LogP contribution in [0.25, 0.3) is 0 Å². The molecule has 68 valence electrons. The fourth-order valence-corrected chi connectivity index (χ4v) is 1.15. The Balaban J connectivity index is 2.51. The molecule has 0 unspecified atom stereocenters. The fraction of sp³-hybridized carbons (Fsp3) is 0.857. The van der Waals surface area contributed by atoms with Crippen molar-refractivity contribution in [3.05, 3.63) is 5.82 Å². The molecule has 1 heterocycles. The smallest absolute Gasteiger partial charge is 0.151 e. The summed E-state index contributed by atoms with van der Waals surface area (Å²) in [6, 6.07) is 0. The Kier molecular flexibility index (Phi) is 4.00. The molecular formula is C7H13ClN4. The van der Waals surface area contributed by atoms with Crippen LogP contribution in [0.5, 0.6) is 0 Å². The third kappa shape index (κ3) is 2.44. The quantitative estimate of drug-likeness (QED) is 0.654. The zero-order valence-electron chi connectivity index (χ0n) is 7.20. The standard InChI is InChI=1S/C7H13ClN4/c1-2-6-12-7(4-3-5-8)9-10-11-12/h2-6H2,1H3. The van der Waals surface area contributed by atoms with E-state index in [0.29, 0.717) is 5.88 Å². The lowest BCUT2D eigenvalue weighted by Crippen LogP contribution is -2.05. The molecular weight excluding hydrogens is 176 g/mol. The molecule has 0 N–H and O–H groups in total. The zero-order valence-corrected chi connectivity index (χ0v) is 7.96. The first-order valence-corrected chi connectivity index (χ1v) is 4.73. The summed E-state index contributed by atoms with van der Waals surface area (Å²) in [6.45, 7) is 3.00. The van der Waals surface area contributed by atoms with Gasteiger partial charge in [0, 0.05) is 18.8 Å². The molecule has 0 aliphatic carbocycles. The number of tetrazole rings is 1. The van der Waals surface area contributed by atoms with Crippen molar-refractivity contribution in [2.45, 2.75) is 32.7 Å². The van der Waals surface area contributed by atoms with Crippen molar-refractivity contribution in [2.24, 2.45) is 0 Å². The van der Waals surface area contributed by atoms with Gasteiger partial charge in [0.2, 0.25) is 0 Å². The highest BCUT2D eigenvalue weighted by Gasteiger charge is 2.03. The Morgan fingerprint density at radius 3 is 3.00 bits per heavy atom. The predicted molar refractivity (Wildman–Crippen MR) is 47.1 cm³/mol. The minimum atomic E-state index is 0.666. The van der Waals surface area contributed by atoms with Crippen LogP contribution in [0.1, 0.15) is 25.6 Å². The number of aryl methyl sites for hydroxylation is 2. The molecule has 5 heteroatoms. The molecule has 0 aliphatic rings. The minimum Gasteiger partial charge on any atom is -0.230 e. The summed E-state index contributed by atoms with van der Waals surface area (Å²) in [6.07, 6.45) is 2.86. The van der Waals surface area contributed by atoms with Crippen molar-refractivity contribution in [2.75, 3.05) is 5.88 Å². The normalized spacial score (nSPS) is 10.5. The van der Waals surface area contributed by atoms with Gasteiger partial charge in [-0.3, -0.25) is 0 Å². The van der Waals surface area contributed by atoms with Crippen LogP contribution in [-0.2, 0) is 13.0 Å². The predicted octanol–water partition coefficient (Wildman–Crippen LogP) is 1.25. The summed E-state index contributed by atoms with van der Waals surface area (Å²) < 4.78 is 1.84. The van der Waals surface area contributed by atoms with E-state index in [0.717, 1.165) is 31.6 Å². The van der Waals surface area contributed by atoms with Crippen LogP contribution in [0.3, 0.4) is 0 Å². The fourth-order valence-electron chi connectivity index (χ4n) is 1.01. The molecule has 0 atom stereocenters. The van der Waals surface area contributed by atoms with E-state index < -0.39 is 0 Å². The van der Waals surface area contributed by atoms with Crippen LogP contribution in [0.15, 0.2) is 0 Å². The summed E-state index contributed by atoms with van der Waals surface area (Å²) in [7, 11) is 0. The summed E-state index contributed by atoms with van der Waals surface area (Å²) in [5.41, 5.74) is 0. The summed E-state index contributed by atoms with van der Waals surface area (Å²) in [5, 5.41) is 11.4. The van der Waals surface area contributed by atoms with Crippen LogP contribution in [0, 0.1) is 0 Å². The van der Waals surface area contributed by atoms with Gasteiger partial charge < -0.3 is 0 Å². The van der Waals surface area contributed by atoms with Crippen molar-refractivity contribution in [1.82, 2.24) is 20.2 Å². The van der Waals surface area contributed by atoms with E-state index >= 15 is 0 Å². The van der Waals surface area contributed by atoms with Gasteiger partial charge in [-0.1, -0.05) is 6.92 Å². The van der Waals surface area contributed by atoms with Gasteiger partial charge in [-0.15, -0.1) is 16.7 Å². The molecule has 0 fully saturated rings. The van der Waals surface area contributed by atoms with Crippen LogP contribution >= 0.6 is 11.6 Å². The molecule has 1 rings (SSSR count). The molecule has 1 aromatic heterocycles. The Morgan fingerprint density at radius 1 is 1.50 bits per heavy atom. The molecule has 0 radical (unpaired) electrons. The van der Waals surface area contributed by atoms with E-state index in [9.17, 15) is 0 Å². The van der Waals surface area contributed by atoms with Gasteiger partial charge in [-0.05, 0) is 23.3 Å². The molecule has 0 aromatic carbocycles. The highest BCUT2D eigenvalue weighted by Crippen LogP contribution is 1.99. The van der Waals surface area contributed by atoms with E-state index in [1.165, 1.54) is 0 Å². The Hall–Kier alpha value is -0.640. The number of aromatic nitrogens is 4. The maximum atomic E-state index is 5.57. The van der Waals surface area contributed by atoms with Crippen molar-refractivity contribution >= 4 is 11.6 Å². The molecule has 0 saturated heterocycles. The van der Waals surface area contributed by atoms with E-state index in [4.69, 9.17) is 11.6 Å². The number of hydrogen-bond donors (Lipinski definition) is 0. The van der Waals surface area contributed by atoms with Crippen LogP contribution < -0.4 is 0 Å². The Labute approximate surface area is 76.9 Å². The topological polar surface area (TPSA) is 43.6 Å². The number of halogens is 1. The lowest BCUT2D eigenvalue weighted by molar-refractivity contribution is 0.552. The maximum absolute atomic E-state index is 5.57. The molecule has 4 nitrogen and oxygen atoms in total. The summed E-state index contributed by atoms with van der Waals surface area (Å²) in [4.78, 5) is 0. The lowest BCUT2D eigenvalue weighted by atomic mass is 10.3. The Bertz CT molecular complexity index is 223. The van der Waals surface area contributed by atoms with E-state index in [1.807, 2.05) is 4.68 Å². The number of hydrogen-bond acceptors (Lipinski definition) is 3. The summed E-state index contributed by atoms with van der Waals surface area (Å²) >= 11 is 5.57. The average Bonchev–Trinajstić information content (AvgIpc) is 2.50. The summed E-state index contributed by atoms with van der Waals surface area (Å²) in [5.74, 6) is 1.61. The van der Waals surface area contributed by atoms with Crippen molar-refractivity contribution in [3.8, 4) is 0 Å². The average molecular weight is 189 g/mol.